The number of carbonyl (C=O) groups is 1. The summed E-state index contributed by atoms with van der Waals surface area (Å²) in [5.74, 6) is 1.70. The molecule has 0 bridgehead atoms. The Bertz CT molecular complexity index is 1480. The van der Waals surface area contributed by atoms with Crippen molar-refractivity contribution in [3.63, 3.8) is 0 Å². The summed E-state index contributed by atoms with van der Waals surface area (Å²) in [6.45, 7) is 0.414. The van der Waals surface area contributed by atoms with Crippen LogP contribution in [0, 0.1) is 0 Å². The van der Waals surface area contributed by atoms with Gasteiger partial charge in [-0.2, -0.15) is 0 Å². The lowest BCUT2D eigenvalue weighted by Crippen LogP contribution is -2.27. The van der Waals surface area contributed by atoms with E-state index in [1.165, 1.54) is 0 Å². The summed E-state index contributed by atoms with van der Waals surface area (Å²) in [4.78, 5) is 25.7. The van der Waals surface area contributed by atoms with Gasteiger partial charge in [0.2, 0.25) is 5.91 Å². The summed E-state index contributed by atoms with van der Waals surface area (Å²) >= 11 is 0. The first-order chi connectivity index (χ1) is 16.1. The van der Waals surface area contributed by atoms with Crippen LogP contribution in [0.4, 0.5) is 0 Å². The molecule has 0 atom stereocenters. The SMILES string of the molecule is COc1ccc(-c2oc3c(c2CC(=O)NCCc2ccco2)c(=O)oc2ccccc23)cc1. The van der Waals surface area contributed by atoms with Crippen LogP contribution in [0.3, 0.4) is 0 Å². The van der Waals surface area contributed by atoms with Crippen LogP contribution in [0.5, 0.6) is 5.75 Å². The van der Waals surface area contributed by atoms with E-state index in [0.717, 1.165) is 11.3 Å². The van der Waals surface area contributed by atoms with Crippen molar-refractivity contribution in [2.24, 2.45) is 0 Å². The number of benzene rings is 2. The van der Waals surface area contributed by atoms with E-state index in [1.807, 2.05) is 30.3 Å². The van der Waals surface area contributed by atoms with Crippen molar-refractivity contribution in [3.05, 3.63) is 88.7 Å². The van der Waals surface area contributed by atoms with E-state index >= 15 is 0 Å². The fourth-order valence-electron chi connectivity index (χ4n) is 3.91. The molecule has 0 radical (unpaired) electrons. The predicted octanol–water partition coefficient (Wildman–Crippen LogP) is 4.71. The Morgan fingerprint density at radius 3 is 2.58 bits per heavy atom. The van der Waals surface area contributed by atoms with Crippen LogP contribution >= 0.6 is 0 Å². The second-order valence-electron chi connectivity index (χ2n) is 7.58. The Morgan fingerprint density at radius 2 is 1.82 bits per heavy atom. The van der Waals surface area contributed by atoms with E-state index in [0.29, 0.717) is 46.6 Å². The van der Waals surface area contributed by atoms with Crippen LogP contribution in [0.15, 0.2) is 85.0 Å². The number of methoxy groups -OCH3 is 1. The van der Waals surface area contributed by atoms with Gasteiger partial charge in [-0.3, -0.25) is 4.79 Å². The number of amides is 1. The van der Waals surface area contributed by atoms with Gasteiger partial charge in [0.1, 0.15) is 28.2 Å². The smallest absolute Gasteiger partial charge is 0.347 e. The minimum absolute atomic E-state index is 0.0321. The topological polar surface area (TPSA) is 94.8 Å². The van der Waals surface area contributed by atoms with Gasteiger partial charge >= 0.3 is 5.63 Å². The van der Waals surface area contributed by atoms with E-state index in [-0.39, 0.29) is 17.7 Å². The Labute approximate surface area is 188 Å². The van der Waals surface area contributed by atoms with Gasteiger partial charge in [-0.1, -0.05) is 12.1 Å². The van der Waals surface area contributed by atoms with Crippen molar-refractivity contribution in [2.45, 2.75) is 12.8 Å². The standard InChI is InChI=1S/C26H21NO6/c1-30-17-10-8-16(9-11-17)24-20(15-22(28)27-13-12-18-5-4-14-31-18)23-25(33-24)19-6-2-3-7-21(19)32-26(23)29/h2-11,14H,12-13,15H2,1H3,(H,27,28). The third-order valence-electron chi connectivity index (χ3n) is 5.51. The molecule has 0 unspecified atom stereocenters. The summed E-state index contributed by atoms with van der Waals surface area (Å²) in [5, 5.41) is 3.84. The van der Waals surface area contributed by atoms with Crippen molar-refractivity contribution in [2.75, 3.05) is 13.7 Å². The van der Waals surface area contributed by atoms with Crippen LogP contribution in [0.2, 0.25) is 0 Å². The van der Waals surface area contributed by atoms with Gasteiger partial charge in [-0.15, -0.1) is 0 Å². The second kappa shape index (κ2) is 8.70. The molecule has 5 rings (SSSR count). The molecule has 0 spiro atoms. The number of ether oxygens (including phenoxy) is 1. The highest BCUT2D eigenvalue weighted by Crippen LogP contribution is 2.36. The molecular formula is C26H21NO6. The zero-order chi connectivity index (χ0) is 22.8. The molecule has 0 fully saturated rings. The third-order valence-corrected chi connectivity index (χ3v) is 5.51. The average Bonchev–Trinajstić information content (AvgIpc) is 3.48. The summed E-state index contributed by atoms with van der Waals surface area (Å²) in [6, 6.07) is 18.1. The highest BCUT2D eigenvalue weighted by atomic mass is 16.5. The zero-order valence-corrected chi connectivity index (χ0v) is 17.9. The summed E-state index contributed by atoms with van der Waals surface area (Å²) in [7, 11) is 1.59. The maximum absolute atomic E-state index is 12.9. The number of fused-ring (bicyclic) bond motifs is 3. The minimum atomic E-state index is -0.536. The zero-order valence-electron chi connectivity index (χ0n) is 17.9. The lowest BCUT2D eigenvalue weighted by molar-refractivity contribution is -0.120. The molecule has 3 heterocycles. The van der Waals surface area contributed by atoms with Gasteiger partial charge in [0.15, 0.2) is 5.58 Å². The first-order valence-electron chi connectivity index (χ1n) is 10.5. The first-order valence-corrected chi connectivity index (χ1v) is 10.5. The number of rotatable bonds is 7. The molecular weight excluding hydrogens is 422 g/mol. The van der Waals surface area contributed by atoms with Crippen LogP contribution in [0.1, 0.15) is 11.3 Å². The Kier molecular flexibility index (Phi) is 5.44. The minimum Gasteiger partial charge on any atom is -0.497 e. The Morgan fingerprint density at radius 1 is 1.00 bits per heavy atom. The molecule has 33 heavy (non-hydrogen) atoms. The van der Waals surface area contributed by atoms with Crippen molar-refractivity contribution in [1.29, 1.82) is 0 Å². The number of nitrogens with one attached hydrogen (secondary N) is 1. The Balaban J connectivity index is 1.56. The van der Waals surface area contributed by atoms with Crippen molar-refractivity contribution >= 4 is 27.8 Å². The molecule has 166 valence electrons. The molecule has 0 aliphatic rings. The van der Waals surface area contributed by atoms with Crippen LogP contribution < -0.4 is 15.7 Å². The maximum Gasteiger partial charge on any atom is 0.347 e. The van der Waals surface area contributed by atoms with E-state index in [2.05, 4.69) is 5.32 Å². The normalized spacial score (nSPS) is 11.2. The third kappa shape index (κ3) is 4.01. The molecule has 5 aromatic rings. The molecule has 7 heteroatoms. The van der Waals surface area contributed by atoms with Gasteiger partial charge in [0.05, 0.1) is 25.2 Å². The largest absolute Gasteiger partial charge is 0.497 e. The molecule has 7 nitrogen and oxygen atoms in total. The molecule has 0 aliphatic heterocycles. The molecule has 0 aliphatic carbocycles. The molecule has 3 aromatic heterocycles. The molecule has 2 aromatic carbocycles. The van der Waals surface area contributed by atoms with Crippen LogP contribution in [-0.4, -0.2) is 19.6 Å². The van der Waals surface area contributed by atoms with E-state index in [9.17, 15) is 9.59 Å². The van der Waals surface area contributed by atoms with Gasteiger partial charge in [-0.05, 0) is 48.5 Å². The first kappa shape index (κ1) is 20.6. The van der Waals surface area contributed by atoms with Crippen LogP contribution in [-0.2, 0) is 17.6 Å². The van der Waals surface area contributed by atoms with Crippen molar-refractivity contribution < 1.29 is 22.8 Å². The fraction of sp³-hybridized carbons (Fsp3) is 0.154. The maximum atomic E-state index is 12.9. The summed E-state index contributed by atoms with van der Waals surface area (Å²) < 4.78 is 22.3. The molecule has 1 N–H and O–H groups in total. The second-order valence-corrected chi connectivity index (χ2v) is 7.58. The number of hydrogen-bond acceptors (Lipinski definition) is 6. The highest BCUT2D eigenvalue weighted by Gasteiger charge is 2.24. The van der Waals surface area contributed by atoms with Gasteiger partial charge in [0, 0.05) is 24.1 Å². The monoisotopic (exact) mass is 443 g/mol. The number of para-hydroxylation sites is 1. The lowest BCUT2D eigenvalue weighted by Gasteiger charge is -2.06. The highest BCUT2D eigenvalue weighted by molar-refractivity contribution is 6.05. The van der Waals surface area contributed by atoms with Gasteiger partial charge in [0.25, 0.3) is 0 Å². The Hall–Kier alpha value is -4.26. The lowest BCUT2D eigenvalue weighted by atomic mass is 10.0. The predicted molar refractivity (Wildman–Crippen MR) is 123 cm³/mol. The van der Waals surface area contributed by atoms with Gasteiger partial charge < -0.3 is 23.3 Å². The molecule has 0 saturated carbocycles. The number of carbonyl (C=O) groups excluding carboxylic acids is 1. The summed E-state index contributed by atoms with van der Waals surface area (Å²) in [6.07, 6.45) is 2.14. The van der Waals surface area contributed by atoms with Gasteiger partial charge in [-0.25, -0.2) is 4.79 Å². The fourth-order valence-corrected chi connectivity index (χ4v) is 3.91. The van der Waals surface area contributed by atoms with E-state index < -0.39 is 5.63 Å². The quantitative estimate of drug-likeness (QED) is 0.366. The average molecular weight is 443 g/mol. The van der Waals surface area contributed by atoms with E-state index in [4.69, 9.17) is 18.0 Å². The molecule has 1 amide bonds. The van der Waals surface area contributed by atoms with Crippen molar-refractivity contribution in [1.82, 2.24) is 5.32 Å². The van der Waals surface area contributed by atoms with E-state index in [1.54, 1.807) is 43.7 Å². The van der Waals surface area contributed by atoms with Crippen LogP contribution in [0.25, 0.3) is 33.3 Å². The summed E-state index contributed by atoms with van der Waals surface area (Å²) in [5.41, 5.74) is 1.52. The number of furan rings is 2. The number of hydrogen-bond donors (Lipinski definition) is 1. The molecule has 0 saturated heterocycles. The van der Waals surface area contributed by atoms with Crippen molar-refractivity contribution in [3.8, 4) is 17.1 Å².